The van der Waals surface area contributed by atoms with E-state index >= 15 is 0 Å². The number of amides is 1. The summed E-state index contributed by atoms with van der Waals surface area (Å²) in [5.41, 5.74) is 0.406. The van der Waals surface area contributed by atoms with Crippen LogP contribution in [0.3, 0.4) is 0 Å². The Hall–Kier alpha value is -1.11. The van der Waals surface area contributed by atoms with E-state index in [0.29, 0.717) is 11.6 Å². The highest BCUT2D eigenvalue weighted by Gasteiger charge is 2.24. The number of carbonyl (C=O) groups is 1. The lowest BCUT2D eigenvalue weighted by Gasteiger charge is -2.30. The first-order chi connectivity index (χ1) is 10.2. The van der Waals surface area contributed by atoms with E-state index in [2.05, 4.69) is 32.7 Å². The van der Waals surface area contributed by atoms with E-state index < -0.39 is 0 Å². The van der Waals surface area contributed by atoms with E-state index in [9.17, 15) is 4.79 Å². The van der Waals surface area contributed by atoms with Crippen LogP contribution in [-0.2, 0) is 0 Å². The zero-order valence-corrected chi connectivity index (χ0v) is 15.0. The molecule has 23 heavy (non-hydrogen) atoms. The highest BCUT2D eigenvalue weighted by molar-refractivity contribution is 5.92. The van der Waals surface area contributed by atoms with Crippen LogP contribution in [0.1, 0.15) is 36.7 Å². The van der Waals surface area contributed by atoms with Crippen molar-refractivity contribution in [3.8, 4) is 0 Å². The number of halogens is 2. The number of hydrogen-bond donors (Lipinski definition) is 2. The molecule has 2 N–H and O–H groups in total. The molecule has 2 saturated heterocycles. The van der Waals surface area contributed by atoms with Gasteiger partial charge in [-0.1, -0.05) is 6.92 Å². The lowest BCUT2D eigenvalue weighted by atomic mass is 9.95. The first kappa shape index (κ1) is 19.9. The van der Waals surface area contributed by atoms with E-state index in [1.54, 1.807) is 6.07 Å². The predicted octanol–water partition coefficient (Wildman–Crippen LogP) is 1.65. The van der Waals surface area contributed by atoms with Gasteiger partial charge in [-0.05, 0) is 50.4 Å². The number of aromatic nitrogens is 2. The summed E-state index contributed by atoms with van der Waals surface area (Å²) in [5.74, 6) is 1.20. The number of hydrogen-bond acceptors (Lipinski definition) is 5. The molecule has 2 fully saturated rings. The lowest BCUT2D eigenvalue weighted by molar-refractivity contribution is 0.0908. The van der Waals surface area contributed by atoms with Crippen molar-refractivity contribution in [3.05, 3.63) is 17.8 Å². The molecular formula is C15H25Cl2N5O. The lowest BCUT2D eigenvalue weighted by Crippen LogP contribution is -2.48. The summed E-state index contributed by atoms with van der Waals surface area (Å²) in [4.78, 5) is 14.5. The van der Waals surface area contributed by atoms with Crippen LogP contribution in [0.5, 0.6) is 0 Å². The minimum Gasteiger partial charge on any atom is -0.355 e. The summed E-state index contributed by atoms with van der Waals surface area (Å²) in [6.45, 7) is 6.12. The largest absolute Gasteiger partial charge is 0.355 e. The van der Waals surface area contributed by atoms with Crippen LogP contribution in [0.25, 0.3) is 0 Å². The van der Waals surface area contributed by atoms with Crippen molar-refractivity contribution in [2.45, 2.75) is 32.2 Å². The minimum absolute atomic E-state index is 0. The quantitative estimate of drug-likeness (QED) is 0.856. The van der Waals surface area contributed by atoms with Crippen LogP contribution < -0.4 is 15.5 Å². The van der Waals surface area contributed by atoms with E-state index in [1.807, 2.05) is 6.07 Å². The molecule has 2 atom stereocenters. The van der Waals surface area contributed by atoms with Gasteiger partial charge in [0.15, 0.2) is 11.5 Å². The van der Waals surface area contributed by atoms with Crippen molar-refractivity contribution in [3.63, 3.8) is 0 Å². The molecular weight excluding hydrogens is 337 g/mol. The fourth-order valence-electron chi connectivity index (χ4n) is 3.03. The summed E-state index contributed by atoms with van der Waals surface area (Å²) < 4.78 is 0. The Morgan fingerprint density at radius 1 is 1.26 bits per heavy atom. The second-order valence-corrected chi connectivity index (χ2v) is 6.02. The van der Waals surface area contributed by atoms with Crippen molar-refractivity contribution in [2.24, 2.45) is 5.92 Å². The van der Waals surface area contributed by atoms with Gasteiger partial charge >= 0.3 is 0 Å². The van der Waals surface area contributed by atoms with Gasteiger partial charge in [0.05, 0.1) is 0 Å². The Morgan fingerprint density at radius 2 is 2.00 bits per heavy atom. The number of rotatable bonds is 3. The fraction of sp³-hybridized carbons (Fsp3) is 0.667. The average Bonchev–Trinajstić information content (AvgIpc) is 3.04. The Bertz CT molecular complexity index is 493. The van der Waals surface area contributed by atoms with E-state index in [1.165, 1.54) is 12.8 Å². The molecule has 2 aliphatic rings. The molecule has 0 aliphatic carbocycles. The maximum atomic E-state index is 12.2. The zero-order chi connectivity index (χ0) is 14.7. The van der Waals surface area contributed by atoms with Gasteiger partial charge in [0.2, 0.25) is 0 Å². The van der Waals surface area contributed by atoms with Crippen molar-refractivity contribution in [2.75, 3.05) is 31.1 Å². The van der Waals surface area contributed by atoms with E-state index in [-0.39, 0.29) is 36.8 Å². The fourth-order valence-corrected chi connectivity index (χ4v) is 3.03. The van der Waals surface area contributed by atoms with Crippen LogP contribution in [0, 0.1) is 5.92 Å². The standard InChI is InChI=1S/C15H23N5O.2ClH/c1-11-10-16-7-6-12(11)17-15(21)13-4-5-14(19-18-13)20-8-2-3-9-20;;/h4-5,11-12,16H,2-3,6-10H2,1H3,(H,17,21);2*1H. The molecule has 1 aromatic rings. The summed E-state index contributed by atoms with van der Waals surface area (Å²) in [6, 6.07) is 3.90. The molecule has 3 rings (SSSR count). The number of nitrogens with one attached hydrogen (secondary N) is 2. The van der Waals surface area contributed by atoms with Crippen LogP contribution in [0.4, 0.5) is 5.82 Å². The Morgan fingerprint density at radius 3 is 2.61 bits per heavy atom. The van der Waals surface area contributed by atoms with Crippen molar-refractivity contribution in [1.82, 2.24) is 20.8 Å². The topological polar surface area (TPSA) is 70.2 Å². The van der Waals surface area contributed by atoms with Crippen LogP contribution in [0.2, 0.25) is 0 Å². The molecule has 0 bridgehead atoms. The summed E-state index contributed by atoms with van der Waals surface area (Å²) >= 11 is 0. The van der Waals surface area contributed by atoms with Crippen molar-refractivity contribution < 1.29 is 4.79 Å². The number of nitrogens with zero attached hydrogens (tertiary/aromatic N) is 3. The second-order valence-electron chi connectivity index (χ2n) is 6.02. The zero-order valence-electron chi connectivity index (χ0n) is 13.3. The molecule has 2 unspecified atom stereocenters. The normalized spacial score (nSPS) is 23.6. The van der Waals surface area contributed by atoms with Gasteiger partial charge in [-0.2, -0.15) is 0 Å². The van der Waals surface area contributed by atoms with Gasteiger partial charge < -0.3 is 15.5 Å². The second kappa shape index (κ2) is 9.25. The van der Waals surface area contributed by atoms with Gasteiger partial charge in [-0.3, -0.25) is 4.79 Å². The third-order valence-electron chi connectivity index (χ3n) is 4.41. The van der Waals surface area contributed by atoms with E-state index in [0.717, 1.165) is 38.4 Å². The van der Waals surface area contributed by atoms with Crippen LogP contribution in [0.15, 0.2) is 12.1 Å². The molecule has 3 heterocycles. The molecule has 1 amide bonds. The van der Waals surface area contributed by atoms with Gasteiger partial charge in [0.1, 0.15) is 0 Å². The molecule has 0 saturated carbocycles. The number of anilines is 1. The highest BCUT2D eigenvalue weighted by atomic mass is 35.5. The van der Waals surface area contributed by atoms with Gasteiger partial charge in [-0.15, -0.1) is 35.0 Å². The summed E-state index contributed by atoms with van der Waals surface area (Å²) in [6.07, 6.45) is 3.38. The first-order valence-electron chi connectivity index (χ1n) is 7.84. The number of piperidine rings is 1. The monoisotopic (exact) mass is 361 g/mol. The minimum atomic E-state index is -0.116. The smallest absolute Gasteiger partial charge is 0.272 e. The molecule has 6 nitrogen and oxygen atoms in total. The summed E-state index contributed by atoms with van der Waals surface area (Å²) in [5, 5.41) is 14.7. The summed E-state index contributed by atoms with van der Waals surface area (Å²) in [7, 11) is 0. The number of carbonyl (C=O) groups excluding carboxylic acids is 1. The molecule has 130 valence electrons. The Kier molecular flexibility index (Phi) is 8.02. The molecule has 1 aromatic heterocycles. The predicted molar refractivity (Wildman–Crippen MR) is 95.9 cm³/mol. The van der Waals surface area contributed by atoms with Gasteiger partial charge in [0.25, 0.3) is 5.91 Å². The first-order valence-corrected chi connectivity index (χ1v) is 7.84. The highest BCUT2D eigenvalue weighted by Crippen LogP contribution is 2.17. The van der Waals surface area contributed by atoms with Gasteiger partial charge in [0, 0.05) is 19.1 Å². The third-order valence-corrected chi connectivity index (χ3v) is 4.41. The Balaban J connectivity index is 0.00000132. The van der Waals surface area contributed by atoms with Crippen molar-refractivity contribution >= 4 is 36.5 Å². The maximum Gasteiger partial charge on any atom is 0.272 e. The third kappa shape index (κ3) is 4.93. The molecule has 0 aromatic carbocycles. The van der Waals surface area contributed by atoms with E-state index in [4.69, 9.17) is 0 Å². The molecule has 2 aliphatic heterocycles. The van der Waals surface area contributed by atoms with Crippen molar-refractivity contribution in [1.29, 1.82) is 0 Å². The maximum absolute atomic E-state index is 12.2. The van der Waals surface area contributed by atoms with Gasteiger partial charge in [-0.25, -0.2) is 0 Å². The average molecular weight is 362 g/mol. The molecule has 8 heteroatoms. The molecule has 0 radical (unpaired) electrons. The molecule has 0 spiro atoms. The Labute approximate surface area is 149 Å². The van der Waals surface area contributed by atoms with Crippen LogP contribution >= 0.6 is 24.8 Å². The SMILES string of the molecule is CC1CNCCC1NC(=O)c1ccc(N2CCCC2)nn1.Cl.Cl. The van der Waals surface area contributed by atoms with Crippen LogP contribution in [-0.4, -0.2) is 48.3 Å².